The van der Waals surface area contributed by atoms with E-state index in [1.165, 1.54) is 0 Å². The van der Waals surface area contributed by atoms with Gasteiger partial charge in [-0.3, -0.25) is 4.79 Å². The van der Waals surface area contributed by atoms with Gasteiger partial charge in [0.05, 0.1) is 17.3 Å². The Morgan fingerprint density at radius 1 is 1.03 bits per heavy atom. The van der Waals surface area contributed by atoms with Crippen molar-refractivity contribution in [2.75, 3.05) is 38.2 Å². The normalized spacial score (nSPS) is 14.7. The van der Waals surface area contributed by atoms with E-state index >= 15 is 0 Å². The summed E-state index contributed by atoms with van der Waals surface area (Å²) >= 11 is 0. The molecule has 1 aliphatic heterocycles. The van der Waals surface area contributed by atoms with E-state index in [2.05, 4.69) is 21.1 Å². The zero-order valence-corrected chi connectivity index (χ0v) is 18.8. The van der Waals surface area contributed by atoms with Gasteiger partial charge in [0.15, 0.2) is 6.10 Å². The predicted octanol–water partition coefficient (Wildman–Crippen LogP) is 3.30. The van der Waals surface area contributed by atoms with Crippen molar-refractivity contribution < 1.29 is 9.53 Å². The van der Waals surface area contributed by atoms with Gasteiger partial charge in [0.25, 0.3) is 5.91 Å². The summed E-state index contributed by atoms with van der Waals surface area (Å²) in [6, 6.07) is 19.7. The first-order chi connectivity index (χ1) is 16.7. The van der Waals surface area contributed by atoms with Crippen molar-refractivity contribution in [2.45, 2.75) is 6.10 Å². The highest BCUT2D eigenvalue weighted by Gasteiger charge is 2.29. The van der Waals surface area contributed by atoms with Crippen LogP contribution in [0.1, 0.15) is 17.2 Å². The zero-order valence-electron chi connectivity index (χ0n) is 18.8. The van der Waals surface area contributed by atoms with Gasteiger partial charge in [0.2, 0.25) is 0 Å². The summed E-state index contributed by atoms with van der Waals surface area (Å²) in [5, 5.41) is 13.7. The highest BCUT2D eigenvalue weighted by atomic mass is 16.5. The molecule has 1 aliphatic rings. The monoisotopic (exact) mass is 452 g/mol. The van der Waals surface area contributed by atoms with Gasteiger partial charge in [-0.1, -0.05) is 36.4 Å². The average Bonchev–Trinajstić information content (AvgIpc) is 3.33. The lowest BCUT2D eigenvalue weighted by Gasteiger charge is -2.36. The first-order valence-electron chi connectivity index (χ1n) is 11.1. The van der Waals surface area contributed by atoms with E-state index in [-0.39, 0.29) is 5.91 Å². The van der Waals surface area contributed by atoms with E-state index in [0.29, 0.717) is 31.7 Å². The Kier molecular flexibility index (Phi) is 5.93. The van der Waals surface area contributed by atoms with Crippen molar-refractivity contribution >= 4 is 17.2 Å². The molecule has 4 aromatic rings. The number of amides is 1. The molecule has 0 N–H and O–H groups in total. The van der Waals surface area contributed by atoms with Gasteiger partial charge < -0.3 is 14.5 Å². The number of aromatic nitrogens is 3. The zero-order chi connectivity index (χ0) is 23.5. The summed E-state index contributed by atoms with van der Waals surface area (Å²) in [5.74, 6) is 0.849. The van der Waals surface area contributed by atoms with E-state index in [9.17, 15) is 10.1 Å². The largest absolute Gasteiger partial charge is 0.367 e. The molecule has 0 unspecified atom stereocenters. The Morgan fingerprint density at radius 3 is 2.50 bits per heavy atom. The Bertz CT molecular complexity index is 1340. The Hall–Kier alpha value is -4.22. The van der Waals surface area contributed by atoms with Crippen molar-refractivity contribution in [2.24, 2.45) is 0 Å². The predicted molar refractivity (Wildman–Crippen MR) is 128 cm³/mol. The summed E-state index contributed by atoms with van der Waals surface area (Å²) in [4.78, 5) is 21.8. The van der Waals surface area contributed by atoms with E-state index in [1.807, 2.05) is 71.9 Å². The lowest BCUT2D eigenvalue weighted by Crippen LogP contribution is -2.50. The van der Waals surface area contributed by atoms with E-state index in [4.69, 9.17) is 4.74 Å². The summed E-state index contributed by atoms with van der Waals surface area (Å²) in [7, 11) is 1.57. The number of hydrogen-bond acceptors (Lipinski definition) is 6. The molecule has 1 amide bonds. The van der Waals surface area contributed by atoms with Crippen molar-refractivity contribution in [1.29, 1.82) is 5.26 Å². The van der Waals surface area contributed by atoms with Crippen LogP contribution >= 0.6 is 0 Å². The number of piperazine rings is 1. The number of rotatable bonds is 5. The van der Waals surface area contributed by atoms with Crippen LogP contribution in [0.2, 0.25) is 0 Å². The van der Waals surface area contributed by atoms with Gasteiger partial charge in [-0.15, -0.1) is 0 Å². The van der Waals surface area contributed by atoms with Crippen LogP contribution in [0.4, 0.5) is 5.82 Å². The van der Waals surface area contributed by atoms with Crippen LogP contribution in [0.25, 0.3) is 16.6 Å². The number of anilines is 1. The number of methoxy groups -OCH3 is 1. The number of carbonyl (C=O) groups is 1. The van der Waals surface area contributed by atoms with Crippen LogP contribution in [0.3, 0.4) is 0 Å². The Labute approximate surface area is 197 Å². The maximum absolute atomic E-state index is 13.0. The number of hydrogen-bond donors (Lipinski definition) is 0. The SMILES string of the molecule is CO[C@@H](C(=O)N1CCN(c2ccc(-c3cccn4ncc(C#N)c34)cn2)CC1)c1ccccc1. The molecule has 1 atom stereocenters. The maximum Gasteiger partial charge on any atom is 0.256 e. The lowest BCUT2D eigenvalue weighted by molar-refractivity contribution is -0.142. The summed E-state index contributed by atoms with van der Waals surface area (Å²) in [6.45, 7) is 2.60. The Balaban J connectivity index is 1.28. The van der Waals surface area contributed by atoms with E-state index in [0.717, 1.165) is 28.0 Å². The van der Waals surface area contributed by atoms with Gasteiger partial charge in [0.1, 0.15) is 11.9 Å². The van der Waals surface area contributed by atoms with Gasteiger partial charge in [0, 0.05) is 56.8 Å². The molecule has 34 heavy (non-hydrogen) atoms. The number of pyridine rings is 2. The molecular formula is C26H24N6O2. The third kappa shape index (κ3) is 3.98. The molecule has 8 nitrogen and oxygen atoms in total. The fraction of sp³-hybridized carbons (Fsp3) is 0.231. The number of ether oxygens (including phenoxy) is 1. The quantitative estimate of drug-likeness (QED) is 0.462. The van der Waals surface area contributed by atoms with Crippen molar-refractivity contribution in [3.8, 4) is 17.2 Å². The summed E-state index contributed by atoms with van der Waals surface area (Å²) in [6.07, 6.45) is 4.64. The van der Waals surface area contributed by atoms with Crippen LogP contribution < -0.4 is 4.90 Å². The molecule has 5 rings (SSSR count). The molecule has 3 aromatic heterocycles. The summed E-state index contributed by atoms with van der Waals surface area (Å²) in [5.41, 5.74) is 4.01. The Morgan fingerprint density at radius 2 is 1.82 bits per heavy atom. The fourth-order valence-electron chi connectivity index (χ4n) is 4.42. The molecule has 170 valence electrons. The standard InChI is InChI=1S/C26H24N6O2/c1-34-25(19-6-3-2-4-7-19)26(33)31-14-12-30(13-15-31)23-10-9-20(17-28-23)22-8-5-11-32-24(22)21(16-27)18-29-32/h2-11,17-18,25H,12-15H2,1H3/t25-/m1/s1. The van der Waals surface area contributed by atoms with Gasteiger partial charge >= 0.3 is 0 Å². The molecule has 4 heterocycles. The second kappa shape index (κ2) is 9.33. The second-order valence-corrected chi connectivity index (χ2v) is 8.13. The van der Waals surface area contributed by atoms with Crippen LogP contribution in [-0.4, -0.2) is 58.7 Å². The topological polar surface area (TPSA) is 86.8 Å². The third-order valence-corrected chi connectivity index (χ3v) is 6.20. The molecule has 8 heteroatoms. The first-order valence-corrected chi connectivity index (χ1v) is 11.1. The van der Waals surface area contributed by atoms with Crippen LogP contribution in [0.15, 0.2) is 73.2 Å². The molecule has 0 bridgehead atoms. The molecular weight excluding hydrogens is 428 g/mol. The number of benzene rings is 1. The molecule has 0 spiro atoms. The highest BCUT2D eigenvalue weighted by Crippen LogP contribution is 2.28. The van der Waals surface area contributed by atoms with E-state index in [1.54, 1.807) is 17.8 Å². The molecule has 1 saturated heterocycles. The van der Waals surface area contributed by atoms with Gasteiger partial charge in [-0.2, -0.15) is 10.4 Å². The van der Waals surface area contributed by atoms with Crippen LogP contribution in [0, 0.1) is 11.3 Å². The van der Waals surface area contributed by atoms with Crippen molar-refractivity contribution in [1.82, 2.24) is 19.5 Å². The second-order valence-electron chi connectivity index (χ2n) is 8.13. The minimum Gasteiger partial charge on any atom is -0.367 e. The maximum atomic E-state index is 13.0. The first kappa shape index (κ1) is 21.6. The number of nitrogens with zero attached hydrogens (tertiary/aromatic N) is 6. The number of fused-ring (bicyclic) bond motifs is 1. The van der Waals surface area contributed by atoms with Gasteiger partial charge in [-0.25, -0.2) is 9.50 Å². The third-order valence-electron chi connectivity index (χ3n) is 6.20. The minimum absolute atomic E-state index is 0.0149. The number of carbonyl (C=O) groups excluding carboxylic acids is 1. The van der Waals surface area contributed by atoms with Crippen molar-refractivity contribution in [3.05, 3.63) is 84.3 Å². The molecule has 0 saturated carbocycles. The summed E-state index contributed by atoms with van der Waals surface area (Å²) < 4.78 is 7.22. The average molecular weight is 453 g/mol. The fourth-order valence-corrected chi connectivity index (χ4v) is 4.42. The smallest absolute Gasteiger partial charge is 0.256 e. The highest BCUT2D eigenvalue weighted by molar-refractivity contribution is 5.84. The lowest BCUT2D eigenvalue weighted by atomic mass is 10.1. The molecule has 0 aliphatic carbocycles. The minimum atomic E-state index is -0.588. The van der Waals surface area contributed by atoms with Crippen LogP contribution in [0.5, 0.6) is 0 Å². The number of nitriles is 1. The molecule has 1 fully saturated rings. The van der Waals surface area contributed by atoms with E-state index < -0.39 is 6.10 Å². The molecule has 0 radical (unpaired) electrons. The van der Waals surface area contributed by atoms with Crippen molar-refractivity contribution in [3.63, 3.8) is 0 Å². The van der Waals surface area contributed by atoms with Crippen LogP contribution in [-0.2, 0) is 9.53 Å². The van der Waals surface area contributed by atoms with Gasteiger partial charge in [-0.05, 0) is 23.8 Å². The molecule has 1 aromatic carbocycles.